The Labute approximate surface area is 931 Å². The van der Waals surface area contributed by atoms with Gasteiger partial charge in [0.25, 0.3) is 0 Å². The van der Waals surface area contributed by atoms with Crippen LogP contribution in [0.2, 0.25) is 0 Å². The maximum Gasteiger partial charge on any atom is 0.165 e. The average Bonchev–Trinajstić information content (AvgIpc) is 1.61. The molecule has 0 N–H and O–H groups in total. The van der Waals surface area contributed by atoms with Crippen LogP contribution in [0.5, 0.6) is 0 Å². The predicted octanol–water partition coefficient (Wildman–Crippen LogP) is 34.7. The second-order valence-corrected chi connectivity index (χ2v) is 43.4. The van der Waals surface area contributed by atoms with Crippen LogP contribution >= 0.6 is 15.9 Å². The number of fused-ring (bicyclic) bond motifs is 2. The standard InChI is InChI=1S/C34H32BrN4.C34H33N4.C33H44N4.C28H33N3.3Ir/c1-33(2,3)26-15-10-22(11-16-26)30-37-31(23-12-17-27(18-13-23)34(4,5)6)39-32(38-30)25-14-19-29(36-21-25)24-8-7-9-28(35)20-24;1-33(2,3)27-17-12-24(13-18-27)30-36-31(25-14-19-28(20-15-25)34(4,5)6)38-32(37-30)26-16-21-29(35-22-26)23-10-8-7-9-11-23;1-3-5-7-9-11-13-15-28-17-21-30(22-18-28)36-27-37(33-32(36)34-25-26-35-33)31-23-19-29(20-24-31)16-14-12-10-8-6-4-2;1-4-5-6-7-8-9-11-24-13-15-25(16-14-24)31-21-30(27-12-10-17-29-28(27)31)26-19-22(2)18-23(3)20-26;;;/h7,9-21H,1-6H3;7-10,12-22H,1-6H3;17-23,25-27H,3-16H2,1-2H3;10,12-15,17-21H,4-9,11H2,1-3H3;;;/q2*-1;2*-2;;;. The molecule has 2 aliphatic rings. The fraction of sp³-hybridized carbons (Fsp3) is 0.326. The van der Waals surface area contributed by atoms with E-state index in [1.54, 1.807) is 12.4 Å². The summed E-state index contributed by atoms with van der Waals surface area (Å²) in [6.45, 7) is 41.9. The van der Waals surface area contributed by atoms with Gasteiger partial charge in [0.1, 0.15) is 17.5 Å². The van der Waals surface area contributed by atoms with Crippen molar-refractivity contribution in [2.24, 2.45) is 0 Å². The quantitative estimate of drug-likeness (QED) is 0.0283. The van der Waals surface area contributed by atoms with Crippen LogP contribution in [-0.2, 0) is 101 Å². The zero-order valence-corrected chi connectivity index (χ0v) is 98.0. The maximum absolute atomic E-state index is 4.91. The molecule has 0 spiro atoms. The molecule has 0 unspecified atom stereocenters. The molecule has 19 heteroatoms. The number of aromatic nitrogens is 11. The van der Waals surface area contributed by atoms with Crippen LogP contribution in [0.1, 0.15) is 270 Å². The summed E-state index contributed by atoms with van der Waals surface area (Å²) < 4.78 is 0.990. The summed E-state index contributed by atoms with van der Waals surface area (Å²) in [5.41, 5.74) is 26.5. The van der Waals surface area contributed by atoms with Crippen molar-refractivity contribution in [3.05, 3.63) is 378 Å². The molecule has 773 valence electrons. The molecule has 0 aliphatic carbocycles. The molecule has 15 nitrogen and oxygen atoms in total. The van der Waals surface area contributed by atoms with Gasteiger partial charge in [0, 0.05) is 136 Å². The molecule has 8 heterocycles. The van der Waals surface area contributed by atoms with Crippen LogP contribution in [0, 0.1) is 51.5 Å². The number of hydrogen-bond acceptors (Lipinski definition) is 15. The number of benzene rings is 10. The smallest absolute Gasteiger partial charge is 0.165 e. The van der Waals surface area contributed by atoms with Gasteiger partial charge < -0.3 is 29.6 Å². The molecule has 2 aliphatic heterocycles. The summed E-state index contributed by atoms with van der Waals surface area (Å²) in [6.07, 6.45) is 36.4. The number of halogens is 1. The Morgan fingerprint density at radius 1 is 0.291 bits per heavy atom. The second kappa shape index (κ2) is 54.7. The Kier molecular flexibility index (Phi) is 42.5. The third kappa shape index (κ3) is 31.8. The van der Waals surface area contributed by atoms with Crippen LogP contribution in [-0.4, -0.2) is 54.8 Å². The Bertz CT molecular complexity index is 6550. The minimum absolute atomic E-state index is 0. The molecule has 0 bridgehead atoms. The first-order valence-electron chi connectivity index (χ1n) is 52.4. The van der Waals surface area contributed by atoms with Crippen LogP contribution in [0.25, 0.3) is 90.8 Å². The monoisotopic (exact) mass is 2560 g/mol. The summed E-state index contributed by atoms with van der Waals surface area (Å²) in [6, 6.07) is 102. The first-order chi connectivity index (χ1) is 70.0. The van der Waals surface area contributed by atoms with Crippen LogP contribution in [0.3, 0.4) is 0 Å². The Morgan fingerprint density at radius 3 is 1.03 bits per heavy atom. The van der Waals surface area contributed by atoms with E-state index in [0.717, 1.165) is 126 Å². The summed E-state index contributed by atoms with van der Waals surface area (Å²) in [5.74, 6) is 6.40. The van der Waals surface area contributed by atoms with Crippen molar-refractivity contribution in [1.29, 1.82) is 0 Å². The number of anilines is 8. The van der Waals surface area contributed by atoms with Crippen molar-refractivity contribution >= 4 is 61.8 Å². The fourth-order valence-electron chi connectivity index (χ4n) is 17.9. The van der Waals surface area contributed by atoms with E-state index < -0.39 is 0 Å². The third-order valence-corrected chi connectivity index (χ3v) is 27.1. The largest absolute Gasteiger partial charge is 0.478 e. The molecule has 18 rings (SSSR count). The van der Waals surface area contributed by atoms with Gasteiger partial charge in [-0.15, -0.1) is 103 Å². The Morgan fingerprint density at radius 2 is 0.649 bits per heavy atom. The molecule has 3 radical (unpaired) electrons. The van der Waals surface area contributed by atoms with E-state index in [1.165, 1.54) is 166 Å². The minimum Gasteiger partial charge on any atom is -0.478 e. The van der Waals surface area contributed by atoms with Crippen molar-refractivity contribution in [1.82, 2.24) is 54.8 Å². The molecular weight excluding hydrogens is 2420 g/mol. The van der Waals surface area contributed by atoms with Crippen molar-refractivity contribution in [2.75, 3.05) is 19.6 Å². The fourth-order valence-corrected chi connectivity index (χ4v) is 18.3. The molecule has 16 aromatic rings. The number of pyridine rings is 3. The molecule has 0 atom stereocenters. The number of hydrogen-bond donors (Lipinski definition) is 0. The SMILES string of the molecule is CC(C)(C)c1ccc(-c2nc(-c3ccc(C(C)(C)C)cc3)nc(-c3ccc(-c4[c-]ccc(Br)c4)nc3)n2)cc1.CC(C)(C)c1ccc(-c2nc(-c3ccc(C(C)(C)C)cc3)nc(-c3ccc(-c4[c-]cccc4)nc3)n2)cc1.CCCCCCCCc1c[c-]c(N2[CH-]N(c3cc(C)cc(C)c3)c3cccnc32)cc1.CCCCCCCCc1c[c-]c(N2[CH-]N(c3ccc(CCCCCCCC)cc3)c3nccnc32)cc1.[Ir].[Ir].[Ir]. The predicted molar refractivity (Wildman–Crippen MR) is 606 cm³/mol. The molecule has 0 fully saturated rings. The van der Waals surface area contributed by atoms with E-state index in [2.05, 4.69) is 393 Å². The van der Waals surface area contributed by atoms with Gasteiger partial charge in [0.05, 0.1) is 5.69 Å². The summed E-state index contributed by atoms with van der Waals surface area (Å²) in [7, 11) is 0. The Hall–Kier alpha value is -11.6. The third-order valence-electron chi connectivity index (χ3n) is 26.6. The number of unbranched alkanes of at least 4 members (excludes halogenated alkanes) is 15. The normalized spacial score (nSPS) is 12.1. The topological polar surface area (TPSA) is 155 Å². The zero-order chi connectivity index (χ0) is 102. The maximum atomic E-state index is 4.91. The van der Waals surface area contributed by atoms with Gasteiger partial charge in [-0.2, -0.15) is 47.5 Å². The van der Waals surface area contributed by atoms with Crippen LogP contribution in [0.15, 0.2) is 290 Å². The van der Waals surface area contributed by atoms with Gasteiger partial charge in [-0.25, -0.2) is 44.9 Å². The number of nitrogens with zero attached hydrogens (tertiary/aromatic N) is 15. The second-order valence-electron chi connectivity index (χ2n) is 42.5. The van der Waals surface area contributed by atoms with E-state index in [4.69, 9.17) is 34.9 Å². The number of rotatable bonds is 33. The Balaban J connectivity index is 0.000000175. The van der Waals surface area contributed by atoms with Gasteiger partial charge in [0.15, 0.2) is 34.9 Å². The van der Waals surface area contributed by atoms with Gasteiger partial charge in [0.2, 0.25) is 0 Å². The van der Waals surface area contributed by atoms with Gasteiger partial charge in [-0.05, 0) is 135 Å². The minimum atomic E-state index is 0. The van der Waals surface area contributed by atoms with E-state index >= 15 is 0 Å². The number of aryl methyl sites for hydroxylation is 5. The van der Waals surface area contributed by atoms with Crippen molar-refractivity contribution in [2.45, 2.75) is 274 Å². The van der Waals surface area contributed by atoms with E-state index in [1.807, 2.05) is 91.4 Å². The molecule has 148 heavy (non-hydrogen) atoms. The first kappa shape index (κ1) is 115. The van der Waals surface area contributed by atoms with Crippen molar-refractivity contribution in [3.8, 4) is 90.8 Å². The van der Waals surface area contributed by atoms with E-state index in [0.29, 0.717) is 34.9 Å². The summed E-state index contributed by atoms with van der Waals surface area (Å²) in [5, 5.41) is 0. The van der Waals surface area contributed by atoms with Crippen molar-refractivity contribution < 1.29 is 60.3 Å². The van der Waals surface area contributed by atoms with Gasteiger partial charge in [-0.1, -0.05) is 386 Å². The van der Waals surface area contributed by atoms with Crippen LogP contribution < -0.4 is 19.6 Å². The van der Waals surface area contributed by atoms with E-state index in [-0.39, 0.29) is 82.0 Å². The van der Waals surface area contributed by atoms with Crippen LogP contribution in [0.4, 0.5) is 45.9 Å². The van der Waals surface area contributed by atoms with Gasteiger partial charge in [-0.3, -0.25) is 0 Å². The van der Waals surface area contributed by atoms with Crippen molar-refractivity contribution in [3.63, 3.8) is 0 Å². The molecule has 0 saturated carbocycles. The molecular formula is C129H142BrIr3N15-6. The first-order valence-corrected chi connectivity index (χ1v) is 53.1. The molecule has 0 saturated heterocycles. The molecule has 10 aromatic carbocycles. The summed E-state index contributed by atoms with van der Waals surface area (Å²) >= 11 is 3.53. The average molecular weight is 2560 g/mol. The molecule has 6 aromatic heterocycles. The summed E-state index contributed by atoms with van der Waals surface area (Å²) in [4.78, 5) is 61.3. The zero-order valence-electron chi connectivity index (χ0n) is 89.2. The van der Waals surface area contributed by atoms with Gasteiger partial charge >= 0.3 is 0 Å². The van der Waals surface area contributed by atoms with E-state index in [9.17, 15) is 0 Å². The molecule has 0 amide bonds.